The minimum atomic E-state index is -0.167. The molecule has 0 radical (unpaired) electrons. The molecule has 1 aromatic heterocycles. The lowest BCUT2D eigenvalue weighted by Crippen LogP contribution is -2.25. The Labute approximate surface area is 147 Å². The summed E-state index contributed by atoms with van der Waals surface area (Å²) >= 11 is 0. The number of nitrogens with one attached hydrogen (secondary N) is 2. The highest BCUT2D eigenvalue weighted by Crippen LogP contribution is 2.31. The van der Waals surface area contributed by atoms with Crippen LogP contribution in [0.1, 0.15) is 16.8 Å². The van der Waals surface area contributed by atoms with Gasteiger partial charge in [-0.3, -0.25) is 9.78 Å². The van der Waals surface area contributed by atoms with Crippen molar-refractivity contribution in [1.29, 1.82) is 0 Å². The van der Waals surface area contributed by atoms with Gasteiger partial charge in [-0.05, 0) is 24.6 Å². The number of aromatic nitrogens is 1. The Balaban J connectivity index is 2.05. The van der Waals surface area contributed by atoms with Crippen molar-refractivity contribution < 1.29 is 19.0 Å². The lowest BCUT2D eigenvalue weighted by Gasteiger charge is -2.12. The molecule has 0 bridgehead atoms. The summed E-state index contributed by atoms with van der Waals surface area (Å²) in [5.74, 6) is 1.10. The number of carbonyl (C=O) groups is 1. The van der Waals surface area contributed by atoms with E-state index in [9.17, 15) is 4.79 Å². The Bertz CT molecular complexity index is 706. The molecule has 0 spiro atoms. The third kappa shape index (κ3) is 5.36. The molecule has 7 nitrogen and oxygen atoms in total. The van der Waals surface area contributed by atoms with Crippen LogP contribution in [0.5, 0.6) is 11.5 Å². The SMILES string of the molecule is COCCCNC(=O)c1cncc(Nc2ccc(OC)c(OC)c2)c1. The zero-order valence-corrected chi connectivity index (χ0v) is 14.7. The van der Waals surface area contributed by atoms with Crippen molar-refractivity contribution in [1.82, 2.24) is 10.3 Å². The first-order chi connectivity index (χ1) is 12.2. The molecule has 0 aliphatic carbocycles. The van der Waals surface area contributed by atoms with Gasteiger partial charge in [-0.1, -0.05) is 0 Å². The number of nitrogens with zero attached hydrogens (tertiary/aromatic N) is 1. The molecule has 1 heterocycles. The molecule has 0 aliphatic rings. The summed E-state index contributed by atoms with van der Waals surface area (Å²) in [6.45, 7) is 1.17. The van der Waals surface area contributed by atoms with Crippen molar-refractivity contribution in [3.05, 3.63) is 42.2 Å². The fourth-order valence-electron chi connectivity index (χ4n) is 2.23. The second kappa shape index (κ2) is 9.48. The van der Waals surface area contributed by atoms with E-state index in [2.05, 4.69) is 15.6 Å². The van der Waals surface area contributed by atoms with Crippen LogP contribution >= 0.6 is 0 Å². The van der Waals surface area contributed by atoms with E-state index in [1.165, 1.54) is 6.20 Å². The highest BCUT2D eigenvalue weighted by molar-refractivity contribution is 5.94. The first-order valence-corrected chi connectivity index (χ1v) is 7.89. The van der Waals surface area contributed by atoms with Crippen LogP contribution in [0.25, 0.3) is 0 Å². The number of carbonyl (C=O) groups excluding carboxylic acids is 1. The van der Waals surface area contributed by atoms with Crippen LogP contribution in [0.4, 0.5) is 11.4 Å². The maximum absolute atomic E-state index is 12.1. The molecule has 2 N–H and O–H groups in total. The molecule has 0 fully saturated rings. The van der Waals surface area contributed by atoms with Gasteiger partial charge >= 0.3 is 0 Å². The highest BCUT2D eigenvalue weighted by atomic mass is 16.5. The van der Waals surface area contributed by atoms with Gasteiger partial charge in [0.25, 0.3) is 5.91 Å². The Morgan fingerprint density at radius 3 is 2.56 bits per heavy atom. The molecule has 134 valence electrons. The topological polar surface area (TPSA) is 81.7 Å². The quantitative estimate of drug-likeness (QED) is 0.680. The van der Waals surface area contributed by atoms with Crippen molar-refractivity contribution in [2.75, 3.05) is 39.8 Å². The number of methoxy groups -OCH3 is 3. The second-order valence-electron chi connectivity index (χ2n) is 5.26. The van der Waals surface area contributed by atoms with Crippen molar-refractivity contribution in [2.24, 2.45) is 0 Å². The molecule has 25 heavy (non-hydrogen) atoms. The number of hydrogen-bond acceptors (Lipinski definition) is 6. The van der Waals surface area contributed by atoms with E-state index < -0.39 is 0 Å². The molecule has 0 unspecified atom stereocenters. The Morgan fingerprint density at radius 2 is 1.84 bits per heavy atom. The van der Waals surface area contributed by atoms with Crippen LogP contribution in [0.2, 0.25) is 0 Å². The van der Waals surface area contributed by atoms with E-state index in [4.69, 9.17) is 14.2 Å². The van der Waals surface area contributed by atoms with E-state index in [1.807, 2.05) is 12.1 Å². The molecule has 1 amide bonds. The molecule has 2 rings (SSSR count). The highest BCUT2D eigenvalue weighted by Gasteiger charge is 2.08. The normalized spacial score (nSPS) is 10.2. The lowest BCUT2D eigenvalue weighted by atomic mass is 10.2. The van der Waals surface area contributed by atoms with E-state index in [0.29, 0.717) is 35.9 Å². The third-order valence-corrected chi connectivity index (χ3v) is 3.48. The van der Waals surface area contributed by atoms with Crippen LogP contribution in [0, 0.1) is 0 Å². The molecule has 2 aromatic rings. The van der Waals surface area contributed by atoms with E-state index in [1.54, 1.807) is 39.7 Å². The number of pyridine rings is 1. The van der Waals surface area contributed by atoms with Crippen molar-refractivity contribution in [3.8, 4) is 11.5 Å². The molecule has 0 atom stereocenters. The third-order valence-electron chi connectivity index (χ3n) is 3.48. The number of rotatable bonds is 9. The predicted octanol–water partition coefficient (Wildman–Crippen LogP) is 2.61. The minimum absolute atomic E-state index is 0.167. The van der Waals surface area contributed by atoms with Crippen molar-refractivity contribution in [3.63, 3.8) is 0 Å². The summed E-state index contributed by atoms with van der Waals surface area (Å²) in [6, 6.07) is 7.23. The summed E-state index contributed by atoms with van der Waals surface area (Å²) in [5.41, 5.74) is 2.00. The largest absolute Gasteiger partial charge is 0.493 e. The maximum Gasteiger partial charge on any atom is 0.252 e. The number of anilines is 2. The number of ether oxygens (including phenoxy) is 3. The molecule has 0 saturated carbocycles. The average Bonchev–Trinajstić information content (AvgIpc) is 2.65. The van der Waals surface area contributed by atoms with Gasteiger partial charge in [-0.25, -0.2) is 0 Å². The number of benzene rings is 1. The molecule has 0 aliphatic heterocycles. The van der Waals surface area contributed by atoms with Crippen LogP contribution < -0.4 is 20.1 Å². The summed E-state index contributed by atoms with van der Waals surface area (Å²) in [6.07, 6.45) is 3.95. The fraction of sp³-hybridized carbons (Fsp3) is 0.333. The van der Waals surface area contributed by atoms with Gasteiger partial charge in [-0.15, -0.1) is 0 Å². The van der Waals surface area contributed by atoms with Gasteiger partial charge in [0.05, 0.1) is 31.7 Å². The van der Waals surface area contributed by atoms with E-state index >= 15 is 0 Å². The lowest BCUT2D eigenvalue weighted by molar-refractivity contribution is 0.0948. The predicted molar refractivity (Wildman–Crippen MR) is 95.9 cm³/mol. The van der Waals surface area contributed by atoms with Crippen LogP contribution in [0.15, 0.2) is 36.7 Å². The maximum atomic E-state index is 12.1. The van der Waals surface area contributed by atoms with Gasteiger partial charge in [-0.2, -0.15) is 0 Å². The zero-order valence-electron chi connectivity index (χ0n) is 14.7. The first-order valence-electron chi connectivity index (χ1n) is 7.89. The van der Waals surface area contributed by atoms with Crippen LogP contribution in [0.3, 0.4) is 0 Å². The second-order valence-corrected chi connectivity index (χ2v) is 5.26. The zero-order chi connectivity index (χ0) is 18.1. The van der Waals surface area contributed by atoms with Gasteiger partial charge in [0.1, 0.15) is 0 Å². The monoisotopic (exact) mass is 345 g/mol. The van der Waals surface area contributed by atoms with Gasteiger partial charge in [0.15, 0.2) is 11.5 Å². The standard InChI is InChI=1S/C18H23N3O4/c1-23-8-4-7-20-18(22)13-9-15(12-19-11-13)21-14-5-6-16(24-2)17(10-14)25-3/h5-6,9-12,21H,4,7-8H2,1-3H3,(H,20,22). The smallest absolute Gasteiger partial charge is 0.252 e. The number of amides is 1. The van der Waals surface area contributed by atoms with Crippen LogP contribution in [-0.2, 0) is 4.74 Å². The fourth-order valence-corrected chi connectivity index (χ4v) is 2.23. The number of hydrogen-bond donors (Lipinski definition) is 2. The summed E-state index contributed by atoms with van der Waals surface area (Å²) in [7, 11) is 4.80. The first kappa shape index (κ1) is 18.5. The Morgan fingerprint density at radius 1 is 1.04 bits per heavy atom. The molecular weight excluding hydrogens is 322 g/mol. The molecule has 1 aromatic carbocycles. The van der Waals surface area contributed by atoms with Gasteiger partial charge in [0.2, 0.25) is 0 Å². The average molecular weight is 345 g/mol. The van der Waals surface area contributed by atoms with E-state index in [-0.39, 0.29) is 5.91 Å². The van der Waals surface area contributed by atoms with Gasteiger partial charge < -0.3 is 24.8 Å². The molecular formula is C18H23N3O4. The summed E-state index contributed by atoms with van der Waals surface area (Å²) in [5, 5.41) is 6.04. The molecule has 0 saturated heterocycles. The Hall–Kier alpha value is -2.80. The van der Waals surface area contributed by atoms with E-state index in [0.717, 1.165) is 12.1 Å². The Kier molecular flexibility index (Phi) is 7.03. The summed E-state index contributed by atoms with van der Waals surface area (Å²) in [4.78, 5) is 16.3. The van der Waals surface area contributed by atoms with Crippen molar-refractivity contribution in [2.45, 2.75) is 6.42 Å². The van der Waals surface area contributed by atoms with Crippen molar-refractivity contribution >= 4 is 17.3 Å². The summed E-state index contributed by atoms with van der Waals surface area (Å²) < 4.78 is 15.5. The van der Waals surface area contributed by atoms with Gasteiger partial charge in [0, 0.05) is 38.2 Å². The van der Waals surface area contributed by atoms with Crippen LogP contribution in [-0.4, -0.2) is 45.4 Å². The molecule has 7 heteroatoms. The minimum Gasteiger partial charge on any atom is -0.493 e.